The van der Waals surface area contributed by atoms with E-state index < -0.39 is 0 Å². The third-order valence-electron chi connectivity index (χ3n) is 4.13. The molecule has 112 valence electrons. The van der Waals surface area contributed by atoms with Gasteiger partial charge < -0.3 is 19.3 Å². The first-order valence-corrected chi connectivity index (χ1v) is 7.46. The summed E-state index contributed by atoms with van der Waals surface area (Å²) >= 11 is 0. The van der Waals surface area contributed by atoms with Crippen molar-refractivity contribution in [2.75, 3.05) is 19.7 Å². The fourth-order valence-electron chi connectivity index (χ4n) is 2.89. The highest BCUT2D eigenvalue weighted by molar-refractivity contribution is 4.94. The standard InChI is InChI=1S/C14H23N3O3/c1-10(2)13-16-12(20-17-13)9-18-11-7-14(19-8-11)3-5-15-6-4-14/h10-11,15H,3-9H2,1-2H3. The fourth-order valence-corrected chi connectivity index (χ4v) is 2.89. The molecule has 1 atom stereocenters. The number of nitrogens with one attached hydrogen (secondary N) is 1. The zero-order chi connectivity index (χ0) is 14.0. The molecule has 1 aromatic rings. The molecule has 1 spiro atoms. The van der Waals surface area contributed by atoms with Crippen molar-refractivity contribution in [3.8, 4) is 0 Å². The molecule has 0 radical (unpaired) electrons. The van der Waals surface area contributed by atoms with Crippen molar-refractivity contribution in [1.82, 2.24) is 15.5 Å². The maximum absolute atomic E-state index is 5.99. The number of aromatic nitrogens is 2. The Labute approximate surface area is 119 Å². The molecule has 0 aromatic carbocycles. The van der Waals surface area contributed by atoms with Crippen LogP contribution in [0.15, 0.2) is 4.52 Å². The molecule has 6 heteroatoms. The first kappa shape index (κ1) is 14.0. The SMILES string of the molecule is CC(C)c1noc(COC2COC3(CCNCC3)C2)n1. The average Bonchev–Trinajstić information content (AvgIpc) is 3.05. The number of ether oxygens (including phenoxy) is 2. The summed E-state index contributed by atoms with van der Waals surface area (Å²) in [5.74, 6) is 1.57. The van der Waals surface area contributed by atoms with Crippen LogP contribution in [0.25, 0.3) is 0 Å². The van der Waals surface area contributed by atoms with E-state index in [-0.39, 0.29) is 17.6 Å². The Morgan fingerprint density at radius 1 is 1.40 bits per heavy atom. The molecule has 3 heterocycles. The predicted molar refractivity (Wildman–Crippen MR) is 72.4 cm³/mol. The van der Waals surface area contributed by atoms with Crippen LogP contribution in [0.3, 0.4) is 0 Å². The van der Waals surface area contributed by atoms with E-state index in [9.17, 15) is 0 Å². The van der Waals surface area contributed by atoms with Crippen molar-refractivity contribution in [3.63, 3.8) is 0 Å². The summed E-state index contributed by atoms with van der Waals surface area (Å²) in [6, 6.07) is 0. The van der Waals surface area contributed by atoms with Crippen LogP contribution < -0.4 is 5.32 Å². The van der Waals surface area contributed by atoms with Crippen LogP contribution in [-0.4, -0.2) is 41.5 Å². The van der Waals surface area contributed by atoms with Gasteiger partial charge in [0.2, 0.25) is 0 Å². The van der Waals surface area contributed by atoms with Gasteiger partial charge in [-0.2, -0.15) is 4.98 Å². The topological polar surface area (TPSA) is 69.4 Å². The Balaban J connectivity index is 1.49. The molecule has 1 aromatic heterocycles. The average molecular weight is 281 g/mol. The van der Waals surface area contributed by atoms with E-state index in [1.54, 1.807) is 0 Å². The van der Waals surface area contributed by atoms with E-state index in [0.717, 1.165) is 38.2 Å². The van der Waals surface area contributed by atoms with E-state index in [0.29, 0.717) is 19.1 Å². The summed E-state index contributed by atoms with van der Waals surface area (Å²) in [7, 11) is 0. The molecule has 20 heavy (non-hydrogen) atoms. The van der Waals surface area contributed by atoms with Gasteiger partial charge in [-0.25, -0.2) is 0 Å². The highest BCUT2D eigenvalue weighted by atomic mass is 16.6. The van der Waals surface area contributed by atoms with E-state index in [4.69, 9.17) is 14.0 Å². The normalized spacial score (nSPS) is 25.6. The number of rotatable bonds is 4. The maximum atomic E-state index is 5.99. The van der Waals surface area contributed by atoms with Gasteiger partial charge in [-0.05, 0) is 25.9 Å². The smallest absolute Gasteiger partial charge is 0.252 e. The summed E-state index contributed by atoms with van der Waals surface area (Å²) < 4.78 is 17.0. The lowest BCUT2D eigenvalue weighted by molar-refractivity contribution is -0.0250. The number of nitrogens with zero attached hydrogens (tertiary/aromatic N) is 2. The van der Waals surface area contributed by atoms with Crippen LogP contribution in [0.5, 0.6) is 0 Å². The molecule has 1 N–H and O–H groups in total. The molecule has 0 aliphatic carbocycles. The lowest BCUT2D eigenvalue weighted by atomic mass is 9.89. The highest BCUT2D eigenvalue weighted by Gasteiger charge is 2.41. The first-order chi connectivity index (χ1) is 9.67. The van der Waals surface area contributed by atoms with Gasteiger partial charge in [0.15, 0.2) is 5.82 Å². The van der Waals surface area contributed by atoms with Gasteiger partial charge in [0.1, 0.15) is 6.61 Å². The van der Waals surface area contributed by atoms with E-state index in [1.165, 1.54) is 0 Å². The Hall–Kier alpha value is -0.980. The summed E-state index contributed by atoms with van der Waals surface area (Å²) in [5, 5.41) is 7.31. The Bertz CT molecular complexity index is 441. The van der Waals surface area contributed by atoms with Crippen LogP contribution in [-0.2, 0) is 16.1 Å². The second-order valence-corrected chi connectivity index (χ2v) is 6.08. The van der Waals surface area contributed by atoms with Gasteiger partial charge in [0.25, 0.3) is 5.89 Å². The van der Waals surface area contributed by atoms with Crippen molar-refractivity contribution >= 4 is 0 Å². The molecule has 0 amide bonds. The molecule has 2 saturated heterocycles. The van der Waals surface area contributed by atoms with E-state index in [1.807, 2.05) is 13.8 Å². The van der Waals surface area contributed by atoms with Gasteiger partial charge in [0.05, 0.1) is 18.3 Å². The number of hydrogen-bond acceptors (Lipinski definition) is 6. The molecule has 2 aliphatic rings. The monoisotopic (exact) mass is 281 g/mol. The lowest BCUT2D eigenvalue weighted by Gasteiger charge is -2.32. The third kappa shape index (κ3) is 3.02. The van der Waals surface area contributed by atoms with Gasteiger partial charge >= 0.3 is 0 Å². The second-order valence-electron chi connectivity index (χ2n) is 6.08. The lowest BCUT2D eigenvalue weighted by Crippen LogP contribution is -2.41. The maximum Gasteiger partial charge on any atom is 0.252 e. The van der Waals surface area contributed by atoms with Gasteiger partial charge in [-0.15, -0.1) is 0 Å². The van der Waals surface area contributed by atoms with Gasteiger partial charge in [-0.3, -0.25) is 0 Å². The van der Waals surface area contributed by atoms with Crippen molar-refractivity contribution in [2.24, 2.45) is 0 Å². The van der Waals surface area contributed by atoms with Crippen LogP contribution in [0.2, 0.25) is 0 Å². The minimum atomic E-state index is 0.0356. The largest absolute Gasteiger partial charge is 0.372 e. The molecule has 3 rings (SSSR count). The summed E-state index contributed by atoms with van der Waals surface area (Å²) in [5.41, 5.74) is 0.0356. The Kier molecular flexibility index (Phi) is 4.05. The van der Waals surface area contributed by atoms with Crippen LogP contribution in [0.4, 0.5) is 0 Å². The van der Waals surface area contributed by atoms with Crippen LogP contribution in [0.1, 0.15) is 50.7 Å². The van der Waals surface area contributed by atoms with Crippen LogP contribution in [0, 0.1) is 0 Å². The summed E-state index contributed by atoms with van der Waals surface area (Å²) in [4.78, 5) is 4.32. The zero-order valence-electron chi connectivity index (χ0n) is 12.2. The van der Waals surface area contributed by atoms with E-state index in [2.05, 4.69) is 15.5 Å². The highest BCUT2D eigenvalue weighted by Crippen LogP contribution is 2.35. The molecule has 2 aliphatic heterocycles. The molecule has 0 bridgehead atoms. The quantitative estimate of drug-likeness (QED) is 0.904. The van der Waals surface area contributed by atoms with Crippen molar-refractivity contribution < 1.29 is 14.0 Å². The second kappa shape index (κ2) is 5.79. The number of hydrogen-bond donors (Lipinski definition) is 1. The molecular formula is C14H23N3O3. The minimum absolute atomic E-state index is 0.0356. The van der Waals surface area contributed by atoms with Crippen LogP contribution >= 0.6 is 0 Å². The first-order valence-electron chi connectivity index (χ1n) is 7.46. The predicted octanol–water partition coefficient (Wildman–Crippen LogP) is 1.62. The molecular weight excluding hydrogens is 258 g/mol. The Morgan fingerprint density at radius 2 is 2.20 bits per heavy atom. The number of piperidine rings is 1. The summed E-state index contributed by atoms with van der Waals surface area (Å²) in [6.07, 6.45) is 3.26. The van der Waals surface area contributed by atoms with Crippen molar-refractivity contribution in [3.05, 3.63) is 11.7 Å². The van der Waals surface area contributed by atoms with Crippen molar-refractivity contribution in [2.45, 2.75) is 57.3 Å². The van der Waals surface area contributed by atoms with Crippen molar-refractivity contribution in [1.29, 1.82) is 0 Å². The molecule has 6 nitrogen and oxygen atoms in total. The molecule has 0 saturated carbocycles. The van der Waals surface area contributed by atoms with Gasteiger partial charge in [-0.1, -0.05) is 19.0 Å². The van der Waals surface area contributed by atoms with Gasteiger partial charge in [0, 0.05) is 12.3 Å². The zero-order valence-corrected chi connectivity index (χ0v) is 12.2. The summed E-state index contributed by atoms with van der Waals surface area (Å²) in [6.45, 7) is 7.21. The molecule has 1 unspecified atom stereocenters. The third-order valence-corrected chi connectivity index (χ3v) is 4.13. The fraction of sp³-hybridized carbons (Fsp3) is 0.857. The minimum Gasteiger partial charge on any atom is -0.372 e. The molecule has 2 fully saturated rings. The van der Waals surface area contributed by atoms with E-state index >= 15 is 0 Å². The Morgan fingerprint density at radius 3 is 2.90 bits per heavy atom.